The van der Waals surface area contributed by atoms with Crippen molar-refractivity contribution in [2.45, 2.75) is 13.8 Å². The van der Waals surface area contributed by atoms with Crippen LogP contribution in [0.1, 0.15) is 23.7 Å². The molecule has 2 rings (SSSR count). The second kappa shape index (κ2) is 6.48. The summed E-state index contributed by atoms with van der Waals surface area (Å²) in [4.78, 5) is 9.57. The summed E-state index contributed by atoms with van der Waals surface area (Å²) in [6.07, 6.45) is 1.75. The Labute approximate surface area is 121 Å². The molecule has 3 nitrogen and oxygen atoms in total. The first kappa shape index (κ1) is 13.7. The van der Waals surface area contributed by atoms with Crippen molar-refractivity contribution in [3.8, 4) is 0 Å². The molecule has 0 bridgehead atoms. The van der Waals surface area contributed by atoms with Crippen LogP contribution in [0, 0.1) is 6.92 Å². The highest BCUT2D eigenvalue weighted by molar-refractivity contribution is 9.10. The molecule has 0 unspecified atom stereocenters. The van der Waals surface area contributed by atoms with Crippen LogP contribution in [0.15, 0.2) is 52.2 Å². The van der Waals surface area contributed by atoms with E-state index in [0.29, 0.717) is 6.61 Å². The molecular weight excluding hydrogens is 304 g/mol. The maximum Gasteiger partial charge on any atom is 0.135 e. The van der Waals surface area contributed by atoms with Crippen molar-refractivity contribution in [3.63, 3.8) is 0 Å². The maximum atomic E-state index is 5.20. The fraction of sp³-hybridized carbons (Fsp3) is 0.200. The van der Waals surface area contributed by atoms with Crippen molar-refractivity contribution in [2.75, 3.05) is 6.61 Å². The largest absolute Gasteiger partial charge is 0.396 e. The number of aryl methyl sites for hydroxylation is 1. The maximum absolute atomic E-state index is 5.20. The minimum Gasteiger partial charge on any atom is -0.396 e. The number of benzene rings is 1. The fourth-order valence-corrected chi connectivity index (χ4v) is 1.84. The molecule has 0 aliphatic heterocycles. The standard InChI is InChI=1S/C15H15BrN2O/c1-3-19-18-15(12-6-4-11(2)5-7-12)14-9-8-13(16)10-17-14/h4-10H,3H2,1-2H3/b18-15-. The summed E-state index contributed by atoms with van der Waals surface area (Å²) in [6, 6.07) is 12.0. The third-order valence-electron chi connectivity index (χ3n) is 2.58. The van der Waals surface area contributed by atoms with E-state index in [-0.39, 0.29) is 0 Å². The van der Waals surface area contributed by atoms with E-state index >= 15 is 0 Å². The van der Waals surface area contributed by atoms with Gasteiger partial charge in [-0.25, -0.2) is 0 Å². The highest BCUT2D eigenvalue weighted by Gasteiger charge is 2.09. The van der Waals surface area contributed by atoms with Gasteiger partial charge in [-0.3, -0.25) is 4.98 Å². The van der Waals surface area contributed by atoms with Gasteiger partial charge in [-0.2, -0.15) is 0 Å². The normalized spacial score (nSPS) is 11.4. The van der Waals surface area contributed by atoms with Crippen molar-refractivity contribution < 1.29 is 4.84 Å². The highest BCUT2D eigenvalue weighted by Crippen LogP contribution is 2.13. The van der Waals surface area contributed by atoms with E-state index in [1.807, 2.05) is 31.2 Å². The predicted octanol–water partition coefficient (Wildman–Crippen LogP) is 3.94. The van der Waals surface area contributed by atoms with E-state index in [4.69, 9.17) is 4.84 Å². The molecule has 0 spiro atoms. The summed E-state index contributed by atoms with van der Waals surface area (Å²) >= 11 is 3.38. The van der Waals surface area contributed by atoms with Crippen molar-refractivity contribution in [1.29, 1.82) is 0 Å². The average Bonchev–Trinajstić information content (AvgIpc) is 2.43. The number of pyridine rings is 1. The Bertz CT molecular complexity index is 514. The smallest absolute Gasteiger partial charge is 0.135 e. The minimum atomic E-state index is 0.534. The molecule has 98 valence electrons. The van der Waals surface area contributed by atoms with Crippen molar-refractivity contribution in [3.05, 3.63) is 63.9 Å². The lowest BCUT2D eigenvalue weighted by atomic mass is 10.1. The molecule has 1 aromatic heterocycles. The molecule has 1 heterocycles. The van der Waals surface area contributed by atoms with E-state index in [0.717, 1.165) is 21.4 Å². The van der Waals surface area contributed by atoms with Crippen molar-refractivity contribution >= 4 is 21.6 Å². The monoisotopic (exact) mass is 318 g/mol. The van der Waals surface area contributed by atoms with Crippen LogP contribution in [0.25, 0.3) is 0 Å². The zero-order chi connectivity index (χ0) is 13.7. The number of hydrogen-bond donors (Lipinski definition) is 0. The Hall–Kier alpha value is -1.68. The van der Waals surface area contributed by atoms with Gasteiger partial charge in [0.25, 0.3) is 0 Å². The molecule has 0 saturated heterocycles. The number of oxime groups is 1. The quantitative estimate of drug-likeness (QED) is 0.632. The molecule has 0 atom stereocenters. The van der Waals surface area contributed by atoms with Crippen LogP contribution in [0.2, 0.25) is 0 Å². The number of aromatic nitrogens is 1. The van der Waals surface area contributed by atoms with Crippen LogP contribution in [-0.4, -0.2) is 17.3 Å². The van der Waals surface area contributed by atoms with E-state index in [1.54, 1.807) is 6.20 Å². The molecule has 19 heavy (non-hydrogen) atoms. The summed E-state index contributed by atoms with van der Waals surface area (Å²) in [5.41, 5.74) is 3.74. The van der Waals surface area contributed by atoms with Crippen LogP contribution >= 0.6 is 15.9 Å². The van der Waals surface area contributed by atoms with Crippen molar-refractivity contribution in [1.82, 2.24) is 4.98 Å². The van der Waals surface area contributed by atoms with Gasteiger partial charge in [0.05, 0.1) is 5.69 Å². The Morgan fingerprint density at radius 3 is 2.53 bits per heavy atom. The third-order valence-corrected chi connectivity index (χ3v) is 3.05. The van der Waals surface area contributed by atoms with Gasteiger partial charge in [-0.15, -0.1) is 0 Å². The lowest BCUT2D eigenvalue weighted by molar-refractivity contribution is 0.159. The van der Waals surface area contributed by atoms with Gasteiger partial charge in [0.2, 0.25) is 0 Å². The lowest BCUT2D eigenvalue weighted by Gasteiger charge is -2.06. The van der Waals surface area contributed by atoms with Gasteiger partial charge >= 0.3 is 0 Å². The molecule has 4 heteroatoms. The van der Waals surface area contributed by atoms with Crippen LogP contribution in [-0.2, 0) is 4.84 Å². The van der Waals surface area contributed by atoms with E-state index in [1.165, 1.54) is 5.56 Å². The zero-order valence-corrected chi connectivity index (χ0v) is 12.5. The molecule has 0 radical (unpaired) electrons. The van der Waals surface area contributed by atoms with E-state index in [2.05, 4.69) is 45.1 Å². The summed E-state index contributed by atoms with van der Waals surface area (Å²) in [7, 11) is 0. The first-order valence-corrected chi connectivity index (χ1v) is 6.89. The second-order valence-corrected chi connectivity index (χ2v) is 5.00. The van der Waals surface area contributed by atoms with Crippen molar-refractivity contribution in [2.24, 2.45) is 5.16 Å². The van der Waals surface area contributed by atoms with E-state index < -0.39 is 0 Å². The molecule has 1 aromatic carbocycles. The molecule has 0 fully saturated rings. The first-order chi connectivity index (χ1) is 9.20. The number of nitrogens with zero attached hydrogens (tertiary/aromatic N) is 2. The minimum absolute atomic E-state index is 0.534. The highest BCUT2D eigenvalue weighted by atomic mass is 79.9. The van der Waals surface area contributed by atoms with Gasteiger partial charge in [0.1, 0.15) is 12.3 Å². The van der Waals surface area contributed by atoms with Gasteiger partial charge in [-0.1, -0.05) is 35.0 Å². The topological polar surface area (TPSA) is 34.5 Å². The molecule has 0 amide bonds. The van der Waals surface area contributed by atoms with Crippen LogP contribution in [0.3, 0.4) is 0 Å². The first-order valence-electron chi connectivity index (χ1n) is 6.09. The molecule has 2 aromatic rings. The Morgan fingerprint density at radius 1 is 1.21 bits per heavy atom. The third kappa shape index (κ3) is 3.64. The van der Waals surface area contributed by atoms with Gasteiger partial charge in [0, 0.05) is 16.2 Å². The summed E-state index contributed by atoms with van der Waals surface area (Å²) in [6.45, 7) is 4.50. The molecule has 0 aliphatic carbocycles. The van der Waals surface area contributed by atoms with Gasteiger partial charge < -0.3 is 4.84 Å². The Morgan fingerprint density at radius 2 is 1.95 bits per heavy atom. The van der Waals surface area contributed by atoms with Gasteiger partial charge in [-0.05, 0) is 41.9 Å². The predicted molar refractivity (Wildman–Crippen MR) is 80.4 cm³/mol. The number of rotatable bonds is 4. The Balaban J connectivity index is 2.41. The van der Waals surface area contributed by atoms with Crippen LogP contribution < -0.4 is 0 Å². The lowest BCUT2D eigenvalue weighted by Crippen LogP contribution is -2.06. The van der Waals surface area contributed by atoms with Crippen LogP contribution in [0.4, 0.5) is 0 Å². The molecule has 0 saturated carbocycles. The summed E-state index contributed by atoms with van der Waals surface area (Å²) in [5.74, 6) is 0. The number of halogens is 1. The molecular formula is C15H15BrN2O. The summed E-state index contributed by atoms with van der Waals surface area (Å²) < 4.78 is 0.941. The Kier molecular flexibility index (Phi) is 4.68. The molecule has 0 aliphatic rings. The average molecular weight is 319 g/mol. The second-order valence-electron chi connectivity index (χ2n) is 4.09. The van der Waals surface area contributed by atoms with Crippen LogP contribution in [0.5, 0.6) is 0 Å². The fourth-order valence-electron chi connectivity index (χ4n) is 1.60. The summed E-state index contributed by atoms with van der Waals surface area (Å²) in [5, 5.41) is 4.18. The van der Waals surface area contributed by atoms with E-state index in [9.17, 15) is 0 Å². The van der Waals surface area contributed by atoms with Gasteiger partial charge in [0.15, 0.2) is 0 Å². The SMILES string of the molecule is CCO/N=C(/c1ccc(C)cc1)c1ccc(Br)cn1. The zero-order valence-electron chi connectivity index (χ0n) is 10.9. The molecule has 0 N–H and O–H groups in total. The number of hydrogen-bond acceptors (Lipinski definition) is 3.